The highest BCUT2D eigenvalue weighted by molar-refractivity contribution is 7.13. The number of aliphatic carboxylic acids is 1. The van der Waals surface area contributed by atoms with E-state index in [1.54, 1.807) is 5.38 Å². The zero-order valence-electron chi connectivity index (χ0n) is 10.4. The SMILES string of the molecule is CCN(CC(C)C)c1nc(C(N)C(=O)O)cs1. The molecule has 6 heteroatoms. The molecule has 0 aliphatic heterocycles. The van der Waals surface area contributed by atoms with Crippen LogP contribution in [-0.4, -0.2) is 29.1 Å². The Morgan fingerprint density at radius 1 is 1.65 bits per heavy atom. The van der Waals surface area contributed by atoms with Crippen LogP contribution in [-0.2, 0) is 4.79 Å². The summed E-state index contributed by atoms with van der Waals surface area (Å²) in [5, 5.41) is 11.4. The topological polar surface area (TPSA) is 79.5 Å². The summed E-state index contributed by atoms with van der Waals surface area (Å²) in [4.78, 5) is 17.2. The largest absolute Gasteiger partial charge is 0.480 e. The van der Waals surface area contributed by atoms with Crippen LogP contribution in [0.2, 0.25) is 0 Å². The van der Waals surface area contributed by atoms with Crippen LogP contribution in [0.1, 0.15) is 32.5 Å². The number of hydrogen-bond acceptors (Lipinski definition) is 5. The summed E-state index contributed by atoms with van der Waals surface area (Å²) in [5.74, 6) is -0.510. The van der Waals surface area contributed by atoms with Crippen molar-refractivity contribution in [2.24, 2.45) is 11.7 Å². The zero-order valence-corrected chi connectivity index (χ0v) is 11.2. The number of aromatic nitrogens is 1. The van der Waals surface area contributed by atoms with Crippen LogP contribution in [0.25, 0.3) is 0 Å². The van der Waals surface area contributed by atoms with Crippen molar-refractivity contribution >= 4 is 22.4 Å². The maximum Gasteiger partial charge on any atom is 0.326 e. The van der Waals surface area contributed by atoms with Crippen molar-refractivity contribution in [1.29, 1.82) is 0 Å². The Morgan fingerprint density at radius 2 is 2.29 bits per heavy atom. The molecule has 96 valence electrons. The predicted molar refractivity (Wildman–Crippen MR) is 69.4 cm³/mol. The van der Waals surface area contributed by atoms with Crippen LogP contribution in [0, 0.1) is 5.92 Å². The maximum absolute atomic E-state index is 10.8. The van der Waals surface area contributed by atoms with Gasteiger partial charge >= 0.3 is 5.97 Å². The normalized spacial score (nSPS) is 12.8. The van der Waals surface area contributed by atoms with Crippen molar-refractivity contribution in [2.75, 3.05) is 18.0 Å². The first kappa shape index (κ1) is 13.9. The number of rotatable bonds is 6. The number of carboxylic acids is 1. The molecule has 0 aromatic carbocycles. The number of nitrogens with two attached hydrogens (primary N) is 1. The van der Waals surface area contributed by atoms with Crippen LogP contribution in [0.5, 0.6) is 0 Å². The average molecular weight is 257 g/mol. The number of hydrogen-bond donors (Lipinski definition) is 2. The first-order valence-electron chi connectivity index (χ1n) is 5.64. The van der Waals surface area contributed by atoms with E-state index in [2.05, 4.69) is 30.7 Å². The molecule has 3 N–H and O–H groups in total. The summed E-state index contributed by atoms with van der Waals surface area (Å²) in [7, 11) is 0. The third kappa shape index (κ3) is 3.67. The molecule has 1 unspecified atom stereocenters. The molecule has 0 aliphatic rings. The Balaban J connectivity index is 2.81. The molecular weight excluding hydrogens is 238 g/mol. The second kappa shape index (κ2) is 5.97. The zero-order chi connectivity index (χ0) is 13.0. The van der Waals surface area contributed by atoms with E-state index in [-0.39, 0.29) is 0 Å². The first-order chi connectivity index (χ1) is 7.95. The molecule has 0 radical (unpaired) electrons. The van der Waals surface area contributed by atoms with Gasteiger partial charge in [-0.15, -0.1) is 11.3 Å². The lowest BCUT2D eigenvalue weighted by Crippen LogP contribution is -2.27. The fourth-order valence-corrected chi connectivity index (χ4v) is 2.41. The highest BCUT2D eigenvalue weighted by Crippen LogP contribution is 2.24. The Bertz CT molecular complexity index is 379. The lowest BCUT2D eigenvalue weighted by molar-refractivity contribution is -0.138. The Morgan fingerprint density at radius 3 is 2.76 bits per heavy atom. The molecule has 1 atom stereocenters. The van der Waals surface area contributed by atoms with Crippen molar-refractivity contribution in [3.63, 3.8) is 0 Å². The van der Waals surface area contributed by atoms with Gasteiger partial charge in [0.1, 0.15) is 6.04 Å². The lowest BCUT2D eigenvalue weighted by atomic mass is 10.2. The van der Waals surface area contributed by atoms with Gasteiger partial charge in [-0.2, -0.15) is 0 Å². The molecule has 0 saturated heterocycles. The minimum Gasteiger partial charge on any atom is -0.480 e. The van der Waals surface area contributed by atoms with Gasteiger partial charge in [0.2, 0.25) is 0 Å². The molecule has 1 heterocycles. The van der Waals surface area contributed by atoms with Gasteiger partial charge in [0.25, 0.3) is 0 Å². The summed E-state index contributed by atoms with van der Waals surface area (Å²) in [6.45, 7) is 8.10. The van der Waals surface area contributed by atoms with E-state index in [1.165, 1.54) is 11.3 Å². The third-order valence-electron chi connectivity index (χ3n) is 2.33. The fourth-order valence-electron chi connectivity index (χ4n) is 1.47. The van der Waals surface area contributed by atoms with E-state index >= 15 is 0 Å². The van der Waals surface area contributed by atoms with E-state index in [0.717, 1.165) is 18.2 Å². The van der Waals surface area contributed by atoms with Crippen molar-refractivity contribution in [3.05, 3.63) is 11.1 Å². The van der Waals surface area contributed by atoms with Crippen LogP contribution < -0.4 is 10.6 Å². The van der Waals surface area contributed by atoms with E-state index in [0.29, 0.717) is 11.6 Å². The van der Waals surface area contributed by atoms with Gasteiger partial charge in [0, 0.05) is 18.5 Å². The molecule has 0 bridgehead atoms. The summed E-state index contributed by atoms with van der Waals surface area (Å²) in [5.41, 5.74) is 5.95. The molecule has 0 amide bonds. The van der Waals surface area contributed by atoms with Gasteiger partial charge in [-0.05, 0) is 12.8 Å². The van der Waals surface area contributed by atoms with Crippen molar-refractivity contribution in [3.8, 4) is 0 Å². The minimum atomic E-state index is -1.05. The smallest absolute Gasteiger partial charge is 0.326 e. The second-order valence-corrected chi connectivity index (χ2v) is 5.14. The molecule has 1 rings (SSSR count). The monoisotopic (exact) mass is 257 g/mol. The fraction of sp³-hybridized carbons (Fsp3) is 0.636. The number of nitrogens with zero attached hydrogens (tertiary/aromatic N) is 2. The Kier molecular flexibility index (Phi) is 4.89. The standard InChI is InChI=1S/C11H19N3O2S/c1-4-14(5-7(2)3)11-13-8(6-17-11)9(12)10(15)16/h6-7,9H,4-5,12H2,1-3H3,(H,15,16). The molecule has 1 aromatic rings. The van der Waals surface area contributed by atoms with Gasteiger partial charge in [0.15, 0.2) is 5.13 Å². The van der Waals surface area contributed by atoms with Crippen molar-refractivity contribution in [1.82, 2.24) is 4.98 Å². The molecule has 0 aliphatic carbocycles. The maximum atomic E-state index is 10.8. The molecule has 0 spiro atoms. The summed E-state index contributed by atoms with van der Waals surface area (Å²) < 4.78 is 0. The van der Waals surface area contributed by atoms with Gasteiger partial charge in [-0.3, -0.25) is 4.79 Å². The van der Waals surface area contributed by atoms with Gasteiger partial charge in [-0.1, -0.05) is 13.8 Å². The average Bonchev–Trinajstić information content (AvgIpc) is 2.73. The van der Waals surface area contributed by atoms with Gasteiger partial charge < -0.3 is 15.7 Å². The Hall–Kier alpha value is -1.14. The first-order valence-corrected chi connectivity index (χ1v) is 6.52. The van der Waals surface area contributed by atoms with E-state index in [9.17, 15) is 4.79 Å². The summed E-state index contributed by atoms with van der Waals surface area (Å²) in [6.07, 6.45) is 0. The summed E-state index contributed by atoms with van der Waals surface area (Å²) in [6, 6.07) is -1.03. The highest BCUT2D eigenvalue weighted by atomic mass is 32.1. The van der Waals surface area contributed by atoms with Gasteiger partial charge in [0.05, 0.1) is 5.69 Å². The quantitative estimate of drug-likeness (QED) is 0.811. The second-order valence-electron chi connectivity index (χ2n) is 4.30. The molecule has 1 aromatic heterocycles. The summed E-state index contributed by atoms with van der Waals surface area (Å²) >= 11 is 1.44. The van der Waals surface area contributed by atoms with E-state index < -0.39 is 12.0 Å². The number of carboxylic acid groups (broad SMARTS) is 1. The van der Waals surface area contributed by atoms with Crippen molar-refractivity contribution in [2.45, 2.75) is 26.8 Å². The van der Waals surface area contributed by atoms with Crippen molar-refractivity contribution < 1.29 is 9.90 Å². The molecule has 17 heavy (non-hydrogen) atoms. The Labute approximate surface area is 105 Å². The van der Waals surface area contributed by atoms with E-state index in [4.69, 9.17) is 10.8 Å². The lowest BCUT2D eigenvalue weighted by Gasteiger charge is -2.21. The highest BCUT2D eigenvalue weighted by Gasteiger charge is 2.19. The molecular formula is C11H19N3O2S. The van der Waals surface area contributed by atoms with Gasteiger partial charge in [-0.25, -0.2) is 4.98 Å². The molecule has 0 fully saturated rings. The number of thiazole rings is 1. The van der Waals surface area contributed by atoms with Crippen LogP contribution in [0.3, 0.4) is 0 Å². The molecule has 0 saturated carbocycles. The van der Waals surface area contributed by atoms with Crippen LogP contribution in [0.15, 0.2) is 5.38 Å². The van der Waals surface area contributed by atoms with Crippen LogP contribution >= 0.6 is 11.3 Å². The van der Waals surface area contributed by atoms with Crippen LogP contribution in [0.4, 0.5) is 5.13 Å². The third-order valence-corrected chi connectivity index (χ3v) is 3.25. The molecule has 5 nitrogen and oxygen atoms in total. The predicted octanol–water partition coefficient (Wildman–Crippen LogP) is 1.71. The minimum absolute atomic E-state index is 0.430. The van der Waals surface area contributed by atoms with E-state index in [1.807, 2.05) is 0 Å². The number of anilines is 1. The number of carbonyl (C=O) groups is 1.